The zero-order valence-corrected chi connectivity index (χ0v) is 12.3. The molecule has 100 valence electrons. The predicted molar refractivity (Wildman–Crippen MR) is 78.9 cm³/mol. The molecule has 0 radical (unpaired) electrons. The van der Waals surface area contributed by atoms with Crippen molar-refractivity contribution in [1.82, 2.24) is 0 Å². The van der Waals surface area contributed by atoms with Gasteiger partial charge in [-0.1, -0.05) is 11.6 Å². The second kappa shape index (κ2) is 6.85. The fourth-order valence-corrected chi connectivity index (χ4v) is 2.42. The minimum atomic E-state index is -0.462. The summed E-state index contributed by atoms with van der Waals surface area (Å²) >= 11 is 7.70. The van der Waals surface area contributed by atoms with E-state index >= 15 is 0 Å². The number of nitrogens with one attached hydrogen (secondary N) is 1. The summed E-state index contributed by atoms with van der Waals surface area (Å²) in [6.45, 7) is 3.93. The molecule has 0 amide bonds. The molecule has 0 saturated carbocycles. The van der Waals surface area contributed by atoms with E-state index in [4.69, 9.17) is 11.6 Å². The zero-order chi connectivity index (χ0) is 13.7. The number of nitro groups is 1. The zero-order valence-electron chi connectivity index (χ0n) is 10.7. The molecule has 1 rings (SSSR count). The number of halogens is 1. The molecule has 0 saturated heterocycles. The van der Waals surface area contributed by atoms with E-state index in [1.165, 1.54) is 6.07 Å². The van der Waals surface area contributed by atoms with Crippen LogP contribution in [-0.4, -0.2) is 23.0 Å². The molecule has 0 aliphatic heterocycles. The molecule has 6 heteroatoms. The second-order valence-corrected chi connectivity index (χ2v) is 5.60. The van der Waals surface area contributed by atoms with E-state index in [9.17, 15) is 10.1 Å². The SMILES string of the molecule is CSCCC(C)Nc1cc(Cl)c([N+](=O)[O-])cc1C. The van der Waals surface area contributed by atoms with Crippen molar-refractivity contribution in [3.05, 3.63) is 32.8 Å². The summed E-state index contributed by atoms with van der Waals surface area (Å²) in [4.78, 5) is 10.3. The third-order valence-electron chi connectivity index (χ3n) is 2.65. The van der Waals surface area contributed by atoms with Crippen molar-refractivity contribution in [3.63, 3.8) is 0 Å². The topological polar surface area (TPSA) is 55.2 Å². The van der Waals surface area contributed by atoms with Gasteiger partial charge in [-0.25, -0.2) is 0 Å². The number of nitrogens with zero attached hydrogens (tertiary/aromatic N) is 1. The highest BCUT2D eigenvalue weighted by molar-refractivity contribution is 7.98. The van der Waals surface area contributed by atoms with Gasteiger partial charge < -0.3 is 5.32 Å². The summed E-state index contributed by atoms with van der Waals surface area (Å²) in [7, 11) is 0. The minimum Gasteiger partial charge on any atom is -0.382 e. The van der Waals surface area contributed by atoms with E-state index in [0.29, 0.717) is 6.04 Å². The van der Waals surface area contributed by atoms with E-state index in [1.54, 1.807) is 17.8 Å². The molecular weight excluding hydrogens is 272 g/mol. The number of rotatable bonds is 6. The molecule has 0 aromatic heterocycles. The molecule has 18 heavy (non-hydrogen) atoms. The van der Waals surface area contributed by atoms with Crippen molar-refractivity contribution in [2.24, 2.45) is 0 Å². The lowest BCUT2D eigenvalue weighted by molar-refractivity contribution is -0.384. The maximum Gasteiger partial charge on any atom is 0.288 e. The molecule has 0 aliphatic rings. The van der Waals surface area contributed by atoms with E-state index < -0.39 is 4.92 Å². The number of benzene rings is 1. The van der Waals surface area contributed by atoms with E-state index in [-0.39, 0.29) is 10.7 Å². The van der Waals surface area contributed by atoms with Crippen LogP contribution in [0.3, 0.4) is 0 Å². The number of nitro benzene ring substituents is 1. The Morgan fingerprint density at radius 3 is 2.78 bits per heavy atom. The summed E-state index contributed by atoms with van der Waals surface area (Å²) in [5.74, 6) is 1.08. The van der Waals surface area contributed by atoms with Gasteiger partial charge in [0.2, 0.25) is 0 Å². The molecule has 1 aromatic carbocycles. The van der Waals surface area contributed by atoms with E-state index in [1.807, 2.05) is 6.92 Å². The number of thioether (sulfide) groups is 1. The van der Waals surface area contributed by atoms with Gasteiger partial charge in [-0.15, -0.1) is 0 Å². The third kappa shape index (κ3) is 4.07. The average Bonchev–Trinajstić information content (AvgIpc) is 2.30. The Balaban J connectivity index is 2.84. The lowest BCUT2D eigenvalue weighted by Crippen LogP contribution is -2.16. The maximum atomic E-state index is 10.7. The highest BCUT2D eigenvalue weighted by Crippen LogP contribution is 2.31. The van der Waals surface area contributed by atoms with Crippen LogP contribution < -0.4 is 5.32 Å². The Hall–Kier alpha value is -0.940. The predicted octanol–water partition coefficient (Wildman–Crippen LogP) is 4.11. The standard InChI is InChI=1S/C12H17ClN2O2S/c1-8-6-12(15(16)17)10(13)7-11(8)14-9(2)4-5-18-3/h6-7,9,14H,4-5H2,1-3H3. The van der Waals surface area contributed by atoms with Gasteiger partial charge in [0.1, 0.15) is 5.02 Å². The van der Waals surface area contributed by atoms with Crippen molar-refractivity contribution in [1.29, 1.82) is 0 Å². The first kappa shape index (κ1) is 15.1. The third-order valence-corrected chi connectivity index (χ3v) is 3.59. The van der Waals surface area contributed by atoms with Crippen LogP contribution in [0.5, 0.6) is 0 Å². The highest BCUT2D eigenvalue weighted by Gasteiger charge is 2.15. The van der Waals surface area contributed by atoms with Crippen LogP contribution >= 0.6 is 23.4 Å². The Kier molecular flexibility index (Phi) is 5.75. The maximum absolute atomic E-state index is 10.7. The van der Waals surface area contributed by atoms with Gasteiger partial charge >= 0.3 is 0 Å². The normalized spacial score (nSPS) is 12.2. The average molecular weight is 289 g/mol. The molecule has 0 fully saturated rings. The van der Waals surface area contributed by atoms with Crippen LogP contribution in [0.2, 0.25) is 5.02 Å². The Bertz CT molecular complexity index is 440. The minimum absolute atomic E-state index is 0.0449. The molecule has 1 N–H and O–H groups in total. The van der Waals surface area contributed by atoms with Crippen molar-refractivity contribution in [2.75, 3.05) is 17.3 Å². The first-order valence-corrected chi connectivity index (χ1v) is 7.43. The van der Waals surface area contributed by atoms with E-state index in [0.717, 1.165) is 23.4 Å². The summed E-state index contributed by atoms with van der Waals surface area (Å²) < 4.78 is 0. The van der Waals surface area contributed by atoms with Crippen molar-refractivity contribution < 1.29 is 4.92 Å². The lowest BCUT2D eigenvalue weighted by Gasteiger charge is -2.16. The smallest absolute Gasteiger partial charge is 0.288 e. The van der Waals surface area contributed by atoms with Crippen LogP contribution in [0.4, 0.5) is 11.4 Å². The Morgan fingerprint density at radius 1 is 1.56 bits per heavy atom. The van der Waals surface area contributed by atoms with Gasteiger partial charge in [0, 0.05) is 17.8 Å². The van der Waals surface area contributed by atoms with Gasteiger partial charge in [-0.2, -0.15) is 11.8 Å². The summed E-state index contributed by atoms with van der Waals surface area (Å²) in [5, 5.41) is 14.2. The van der Waals surface area contributed by atoms with Gasteiger partial charge in [0.25, 0.3) is 5.69 Å². The number of aryl methyl sites for hydroxylation is 1. The summed E-state index contributed by atoms with van der Waals surface area (Å²) in [5.41, 5.74) is 1.65. The van der Waals surface area contributed by atoms with Crippen LogP contribution in [-0.2, 0) is 0 Å². The Morgan fingerprint density at radius 2 is 2.22 bits per heavy atom. The van der Waals surface area contributed by atoms with Crippen LogP contribution in [0.25, 0.3) is 0 Å². The van der Waals surface area contributed by atoms with Crippen molar-refractivity contribution >= 4 is 34.7 Å². The molecule has 1 unspecified atom stereocenters. The lowest BCUT2D eigenvalue weighted by atomic mass is 10.1. The highest BCUT2D eigenvalue weighted by atomic mass is 35.5. The molecule has 0 aliphatic carbocycles. The molecule has 0 heterocycles. The van der Waals surface area contributed by atoms with Gasteiger partial charge in [0.15, 0.2) is 0 Å². The molecule has 1 atom stereocenters. The number of hydrogen-bond acceptors (Lipinski definition) is 4. The monoisotopic (exact) mass is 288 g/mol. The fraction of sp³-hybridized carbons (Fsp3) is 0.500. The number of anilines is 1. The molecule has 4 nitrogen and oxygen atoms in total. The summed E-state index contributed by atoms with van der Waals surface area (Å²) in [6, 6.07) is 3.45. The van der Waals surface area contributed by atoms with Crippen LogP contribution in [0.15, 0.2) is 12.1 Å². The van der Waals surface area contributed by atoms with E-state index in [2.05, 4.69) is 18.5 Å². The largest absolute Gasteiger partial charge is 0.382 e. The first-order chi connectivity index (χ1) is 8.45. The molecular formula is C12H17ClN2O2S. The molecule has 0 spiro atoms. The van der Waals surface area contributed by atoms with Gasteiger partial charge in [-0.05, 0) is 43.9 Å². The van der Waals surface area contributed by atoms with Gasteiger partial charge in [0.05, 0.1) is 4.92 Å². The van der Waals surface area contributed by atoms with Crippen LogP contribution in [0, 0.1) is 17.0 Å². The fourth-order valence-electron chi connectivity index (χ4n) is 1.59. The number of hydrogen-bond donors (Lipinski definition) is 1. The quantitative estimate of drug-likeness (QED) is 0.632. The Labute approximate surface area is 116 Å². The molecule has 0 bridgehead atoms. The second-order valence-electron chi connectivity index (χ2n) is 4.20. The summed E-state index contributed by atoms with van der Waals surface area (Å²) in [6.07, 6.45) is 3.11. The van der Waals surface area contributed by atoms with Crippen LogP contribution in [0.1, 0.15) is 18.9 Å². The van der Waals surface area contributed by atoms with Crippen molar-refractivity contribution in [2.45, 2.75) is 26.3 Å². The van der Waals surface area contributed by atoms with Gasteiger partial charge in [-0.3, -0.25) is 10.1 Å². The molecule has 1 aromatic rings. The first-order valence-electron chi connectivity index (χ1n) is 5.65. The van der Waals surface area contributed by atoms with Crippen molar-refractivity contribution in [3.8, 4) is 0 Å².